The number of aliphatic hydroxyl groups is 1. The zero-order chi connectivity index (χ0) is 17.0. The van der Waals surface area contributed by atoms with Gasteiger partial charge in [-0.2, -0.15) is 0 Å². The predicted octanol–water partition coefficient (Wildman–Crippen LogP) is 2.85. The van der Waals surface area contributed by atoms with Crippen molar-refractivity contribution >= 4 is 23.2 Å². The van der Waals surface area contributed by atoms with E-state index in [9.17, 15) is 24.4 Å². The van der Waals surface area contributed by atoms with Crippen molar-refractivity contribution in [2.24, 2.45) is 0 Å². The van der Waals surface area contributed by atoms with Crippen LogP contribution >= 0.6 is 11.6 Å². The average molecular weight is 339 g/mol. The van der Waals surface area contributed by atoms with E-state index in [2.05, 4.69) is 5.32 Å². The second-order valence-electron chi connectivity index (χ2n) is 4.70. The van der Waals surface area contributed by atoms with Crippen LogP contribution in [0.3, 0.4) is 0 Å². The van der Waals surface area contributed by atoms with E-state index in [0.717, 1.165) is 12.1 Å². The normalized spacial score (nSPS) is 11.8. The van der Waals surface area contributed by atoms with Crippen molar-refractivity contribution in [1.29, 1.82) is 0 Å². The van der Waals surface area contributed by atoms with Gasteiger partial charge >= 0.3 is 0 Å². The fourth-order valence-corrected chi connectivity index (χ4v) is 2.15. The molecule has 120 valence electrons. The summed E-state index contributed by atoms with van der Waals surface area (Å²) in [6.07, 6.45) is -1.04. The fourth-order valence-electron chi connectivity index (χ4n) is 1.89. The van der Waals surface area contributed by atoms with Gasteiger partial charge in [0.1, 0.15) is 5.82 Å². The number of benzene rings is 2. The van der Waals surface area contributed by atoms with Gasteiger partial charge in [-0.3, -0.25) is 14.9 Å². The molecule has 1 amide bonds. The summed E-state index contributed by atoms with van der Waals surface area (Å²) in [5.74, 6) is -1.12. The van der Waals surface area contributed by atoms with Crippen molar-refractivity contribution < 1.29 is 19.2 Å². The van der Waals surface area contributed by atoms with Crippen molar-refractivity contribution in [3.8, 4) is 0 Å². The number of hydrogen-bond acceptors (Lipinski definition) is 4. The Morgan fingerprint density at radius 3 is 2.52 bits per heavy atom. The molecule has 0 aromatic heterocycles. The Balaban J connectivity index is 1.99. The molecule has 0 bridgehead atoms. The molecular formula is C15H12ClFN2O4. The van der Waals surface area contributed by atoms with E-state index in [1.54, 1.807) is 0 Å². The monoisotopic (exact) mass is 338 g/mol. The minimum Gasteiger partial charge on any atom is -0.387 e. The van der Waals surface area contributed by atoms with Crippen LogP contribution in [0, 0.1) is 15.9 Å². The molecule has 23 heavy (non-hydrogen) atoms. The first-order valence-electron chi connectivity index (χ1n) is 6.54. The SMILES string of the molecule is O=C(NC[C@@H](O)c1ccc([N+](=O)[O-])cc1)c1ccc(F)cc1Cl. The van der Waals surface area contributed by atoms with Gasteiger partial charge in [-0.05, 0) is 35.9 Å². The lowest BCUT2D eigenvalue weighted by Crippen LogP contribution is -2.28. The summed E-state index contributed by atoms with van der Waals surface area (Å²) in [5.41, 5.74) is 0.410. The molecule has 1 atom stereocenters. The summed E-state index contributed by atoms with van der Waals surface area (Å²) in [6, 6.07) is 8.69. The second kappa shape index (κ2) is 7.17. The lowest BCUT2D eigenvalue weighted by Gasteiger charge is -2.12. The summed E-state index contributed by atoms with van der Waals surface area (Å²) < 4.78 is 12.9. The molecule has 0 spiro atoms. The van der Waals surface area contributed by atoms with Crippen LogP contribution in [0.15, 0.2) is 42.5 Å². The van der Waals surface area contributed by atoms with Crippen LogP contribution in [-0.4, -0.2) is 22.5 Å². The molecule has 0 saturated heterocycles. The van der Waals surface area contributed by atoms with Gasteiger partial charge in [-0.1, -0.05) is 11.6 Å². The number of nitrogens with zero attached hydrogens (tertiary/aromatic N) is 1. The quantitative estimate of drug-likeness (QED) is 0.647. The summed E-state index contributed by atoms with van der Waals surface area (Å²) >= 11 is 5.78. The first kappa shape index (κ1) is 16.9. The number of nitro groups is 1. The fraction of sp³-hybridized carbons (Fsp3) is 0.133. The maximum absolute atomic E-state index is 12.9. The molecule has 2 aromatic rings. The van der Waals surface area contributed by atoms with E-state index in [0.29, 0.717) is 5.56 Å². The van der Waals surface area contributed by atoms with Gasteiger partial charge in [0.15, 0.2) is 0 Å². The molecule has 0 saturated carbocycles. The molecule has 6 nitrogen and oxygen atoms in total. The number of carbonyl (C=O) groups is 1. The molecule has 0 fully saturated rings. The van der Waals surface area contributed by atoms with Crippen LogP contribution in [0.1, 0.15) is 22.0 Å². The Hall–Kier alpha value is -2.51. The number of rotatable bonds is 5. The Labute approximate surface area is 135 Å². The molecule has 2 rings (SSSR count). The van der Waals surface area contributed by atoms with Gasteiger partial charge in [0.2, 0.25) is 0 Å². The minimum atomic E-state index is -1.04. The summed E-state index contributed by atoms with van der Waals surface area (Å²) in [5, 5.41) is 23.0. The predicted molar refractivity (Wildman–Crippen MR) is 81.8 cm³/mol. The van der Waals surface area contributed by atoms with E-state index >= 15 is 0 Å². The molecule has 0 heterocycles. The highest BCUT2D eigenvalue weighted by molar-refractivity contribution is 6.33. The minimum absolute atomic E-state index is 0.0349. The number of carbonyl (C=O) groups excluding carboxylic acids is 1. The molecule has 8 heteroatoms. The van der Waals surface area contributed by atoms with Crippen molar-refractivity contribution in [2.45, 2.75) is 6.10 Å². The van der Waals surface area contributed by atoms with E-state index in [4.69, 9.17) is 11.6 Å². The van der Waals surface area contributed by atoms with Crippen molar-refractivity contribution in [3.63, 3.8) is 0 Å². The van der Waals surface area contributed by atoms with Crippen molar-refractivity contribution in [3.05, 3.63) is 74.5 Å². The van der Waals surface area contributed by atoms with Crippen LogP contribution in [0.5, 0.6) is 0 Å². The van der Waals surface area contributed by atoms with Gasteiger partial charge in [-0.15, -0.1) is 0 Å². The van der Waals surface area contributed by atoms with Crippen LogP contribution in [0.25, 0.3) is 0 Å². The van der Waals surface area contributed by atoms with E-state index in [1.165, 1.54) is 30.3 Å². The van der Waals surface area contributed by atoms with Crippen LogP contribution in [0.4, 0.5) is 10.1 Å². The summed E-state index contributed by atoms with van der Waals surface area (Å²) in [6.45, 7) is -0.121. The zero-order valence-corrected chi connectivity index (χ0v) is 12.5. The zero-order valence-electron chi connectivity index (χ0n) is 11.7. The van der Waals surface area contributed by atoms with Gasteiger partial charge in [0.05, 0.1) is 21.6 Å². The van der Waals surface area contributed by atoms with Gasteiger partial charge in [-0.25, -0.2) is 4.39 Å². The highest BCUT2D eigenvalue weighted by Crippen LogP contribution is 2.19. The first-order chi connectivity index (χ1) is 10.9. The standard InChI is InChI=1S/C15H12ClFN2O4/c16-13-7-10(17)3-6-12(13)15(21)18-8-14(20)9-1-4-11(5-2-9)19(22)23/h1-7,14,20H,8H2,(H,18,21)/t14-/m1/s1. The van der Waals surface area contributed by atoms with Crippen molar-refractivity contribution in [2.75, 3.05) is 6.54 Å². The van der Waals surface area contributed by atoms with Crippen LogP contribution in [-0.2, 0) is 0 Å². The van der Waals surface area contributed by atoms with Gasteiger partial charge < -0.3 is 10.4 Å². The highest BCUT2D eigenvalue weighted by Gasteiger charge is 2.14. The molecule has 2 aromatic carbocycles. The number of non-ortho nitro benzene ring substituents is 1. The molecule has 0 aliphatic heterocycles. The maximum Gasteiger partial charge on any atom is 0.269 e. The maximum atomic E-state index is 12.9. The Morgan fingerprint density at radius 1 is 1.30 bits per heavy atom. The third kappa shape index (κ3) is 4.24. The topological polar surface area (TPSA) is 92.5 Å². The van der Waals surface area contributed by atoms with Crippen LogP contribution in [0.2, 0.25) is 5.02 Å². The van der Waals surface area contributed by atoms with E-state index < -0.39 is 22.8 Å². The second-order valence-corrected chi connectivity index (χ2v) is 5.11. The number of amides is 1. The molecule has 0 unspecified atom stereocenters. The Morgan fingerprint density at radius 2 is 1.96 bits per heavy atom. The summed E-state index contributed by atoms with van der Waals surface area (Å²) in [7, 11) is 0. The Bertz CT molecular complexity index is 737. The summed E-state index contributed by atoms with van der Waals surface area (Å²) in [4.78, 5) is 21.9. The van der Waals surface area contributed by atoms with E-state index in [-0.39, 0.29) is 22.8 Å². The number of nitro benzene ring substituents is 1. The van der Waals surface area contributed by atoms with Gasteiger partial charge in [0, 0.05) is 18.7 Å². The molecule has 2 N–H and O–H groups in total. The molecule has 0 aliphatic rings. The number of halogens is 2. The lowest BCUT2D eigenvalue weighted by atomic mass is 10.1. The van der Waals surface area contributed by atoms with Crippen LogP contribution < -0.4 is 5.32 Å². The Kier molecular flexibility index (Phi) is 5.25. The number of hydrogen-bond donors (Lipinski definition) is 2. The van der Waals surface area contributed by atoms with Crippen molar-refractivity contribution in [1.82, 2.24) is 5.32 Å². The number of nitrogens with one attached hydrogen (secondary N) is 1. The third-order valence-electron chi connectivity index (χ3n) is 3.12. The smallest absolute Gasteiger partial charge is 0.269 e. The number of aliphatic hydroxyl groups excluding tert-OH is 1. The van der Waals surface area contributed by atoms with Gasteiger partial charge in [0.25, 0.3) is 11.6 Å². The largest absolute Gasteiger partial charge is 0.387 e. The lowest BCUT2D eigenvalue weighted by molar-refractivity contribution is -0.384. The third-order valence-corrected chi connectivity index (χ3v) is 3.43. The highest BCUT2D eigenvalue weighted by atomic mass is 35.5. The average Bonchev–Trinajstić information content (AvgIpc) is 2.52. The first-order valence-corrected chi connectivity index (χ1v) is 6.92. The molecular weight excluding hydrogens is 327 g/mol. The van der Waals surface area contributed by atoms with E-state index in [1.807, 2.05) is 0 Å². The molecule has 0 radical (unpaired) electrons. The molecule has 0 aliphatic carbocycles.